The van der Waals surface area contributed by atoms with Crippen LogP contribution in [0.2, 0.25) is 0 Å². The summed E-state index contributed by atoms with van der Waals surface area (Å²) < 4.78 is 2.42. The third-order valence-corrected chi connectivity index (χ3v) is 6.37. The van der Waals surface area contributed by atoms with Gasteiger partial charge in [-0.1, -0.05) is 12.8 Å². The Labute approximate surface area is 125 Å². The zero-order chi connectivity index (χ0) is 12.1. The lowest BCUT2D eigenvalue weighted by molar-refractivity contribution is 0.586. The standard InChI is InChI=1S/C13H19Br2NS/c14-12-9-11(17-13(12)15)5-3-1-2-4-8-16-10-6-7-10/h9-10,16H,1-8H2. The molecule has 2 rings (SSSR count). The number of unbranched alkanes of at least 4 members (excludes halogenated alkanes) is 3. The van der Waals surface area contributed by atoms with Crippen molar-refractivity contribution in [1.82, 2.24) is 5.32 Å². The predicted octanol–water partition coefficient (Wildman–Crippen LogP) is 5.13. The fourth-order valence-electron chi connectivity index (χ4n) is 1.89. The summed E-state index contributed by atoms with van der Waals surface area (Å²) in [7, 11) is 0. The Kier molecular flexibility index (Phi) is 6.00. The van der Waals surface area contributed by atoms with Crippen molar-refractivity contribution in [2.24, 2.45) is 0 Å². The van der Waals surface area contributed by atoms with Crippen LogP contribution in [0.5, 0.6) is 0 Å². The van der Waals surface area contributed by atoms with Crippen LogP contribution in [0.3, 0.4) is 0 Å². The van der Waals surface area contributed by atoms with Crippen LogP contribution in [0.25, 0.3) is 0 Å². The zero-order valence-corrected chi connectivity index (χ0v) is 14.0. The van der Waals surface area contributed by atoms with E-state index >= 15 is 0 Å². The molecule has 1 heterocycles. The summed E-state index contributed by atoms with van der Waals surface area (Å²) in [5.74, 6) is 0. The van der Waals surface area contributed by atoms with Gasteiger partial charge in [0.05, 0.1) is 3.79 Å². The number of aryl methyl sites for hydroxylation is 1. The first kappa shape index (κ1) is 14.0. The second-order valence-electron chi connectivity index (χ2n) is 4.73. The smallest absolute Gasteiger partial charge is 0.0843 e. The van der Waals surface area contributed by atoms with Crippen molar-refractivity contribution < 1.29 is 0 Å². The van der Waals surface area contributed by atoms with Crippen molar-refractivity contribution in [2.45, 2.75) is 51.0 Å². The van der Waals surface area contributed by atoms with Gasteiger partial charge in [-0.05, 0) is 76.6 Å². The molecule has 1 aromatic rings. The van der Waals surface area contributed by atoms with Gasteiger partial charge in [-0.25, -0.2) is 0 Å². The van der Waals surface area contributed by atoms with E-state index in [1.807, 2.05) is 11.3 Å². The summed E-state index contributed by atoms with van der Waals surface area (Å²) in [5.41, 5.74) is 0. The molecule has 1 aromatic heterocycles. The topological polar surface area (TPSA) is 12.0 Å². The van der Waals surface area contributed by atoms with Gasteiger partial charge in [0.25, 0.3) is 0 Å². The van der Waals surface area contributed by atoms with E-state index in [-0.39, 0.29) is 0 Å². The lowest BCUT2D eigenvalue weighted by Crippen LogP contribution is -2.17. The minimum absolute atomic E-state index is 0.871. The molecule has 0 bridgehead atoms. The minimum Gasteiger partial charge on any atom is -0.314 e. The van der Waals surface area contributed by atoms with Crippen LogP contribution in [0, 0.1) is 0 Å². The van der Waals surface area contributed by atoms with Gasteiger partial charge < -0.3 is 5.32 Å². The van der Waals surface area contributed by atoms with Gasteiger partial charge in [-0.15, -0.1) is 11.3 Å². The highest BCUT2D eigenvalue weighted by Gasteiger charge is 2.19. The van der Waals surface area contributed by atoms with Gasteiger partial charge in [-0.3, -0.25) is 0 Å². The predicted molar refractivity (Wildman–Crippen MR) is 82.9 cm³/mol. The van der Waals surface area contributed by atoms with Crippen molar-refractivity contribution in [1.29, 1.82) is 0 Å². The lowest BCUT2D eigenvalue weighted by atomic mass is 10.1. The molecule has 1 fully saturated rings. The fraction of sp³-hybridized carbons (Fsp3) is 0.692. The SMILES string of the molecule is Brc1cc(CCCCCCNC2CC2)sc1Br. The second kappa shape index (κ2) is 7.27. The molecule has 4 heteroatoms. The molecule has 0 radical (unpaired) electrons. The van der Waals surface area contributed by atoms with Crippen LogP contribution in [-0.4, -0.2) is 12.6 Å². The summed E-state index contributed by atoms with van der Waals surface area (Å²) in [4.78, 5) is 1.49. The van der Waals surface area contributed by atoms with E-state index in [1.54, 1.807) is 0 Å². The van der Waals surface area contributed by atoms with Crippen LogP contribution < -0.4 is 5.32 Å². The van der Waals surface area contributed by atoms with Crippen molar-refractivity contribution in [2.75, 3.05) is 6.54 Å². The van der Waals surface area contributed by atoms with Gasteiger partial charge in [0.15, 0.2) is 0 Å². The number of nitrogens with one attached hydrogen (secondary N) is 1. The average Bonchev–Trinajstić information content (AvgIpc) is 3.06. The number of hydrogen-bond acceptors (Lipinski definition) is 2. The Morgan fingerprint density at radius 1 is 1.18 bits per heavy atom. The maximum atomic E-state index is 3.57. The van der Waals surface area contributed by atoms with E-state index in [2.05, 4.69) is 43.2 Å². The third-order valence-electron chi connectivity index (χ3n) is 3.06. The number of thiophene rings is 1. The average molecular weight is 381 g/mol. The van der Waals surface area contributed by atoms with Crippen LogP contribution in [0.1, 0.15) is 43.4 Å². The highest BCUT2D eigenvalue weighted by atomic mass is 79.9. The summed E-state index contributed by atoms with van der Waals surface area (Å²) in [6.45, 7) is 1.22. The van der Waals surface area contributed by atoms with E-state index in [9.17, 15) is 0 Å². The molecule has 0 unspecified atom stereocenters. The van der Waals surface area contributed by atoms with Crippen LogP contribution in [0.4, 0.5) is 0 Å². The molecular formula is C13H19Br2NS. The molecule has 0 aromatic carbocycles. The number of halogens is 2. The summed E-state index contributed by atoms with van der Waals surface area (Å²) >= 11 is 8.93. The molecule has 0 saturated heterocycles. The van der Waals surface area contributed by atoms with Gasteiger partial charge in [0.2, 0.25) is 0 Å². The molecule has 1 saturated carbocycles. The van der Waals surface area contributed by atoms with Crippen molar-refractivity contribution in [3.8, 4) is 0 Å². The fourth-order valence-corrected chi connectivity index (χ4v) is 4.10. The highest BCUT2D eigenvalue weighted by Crippen LogP contribution is 2.33. The summed E-state index contributed by atoms with van der Waals surface area (Å²) in [6.07, 6.45) is 9.43. The Balaban J connectivity index is 1.47. The van der Waals surface area contributed by atoms with E-state index in [0.717, 1.165) is 6.04 Å². The van der Waals surface area contributed by atoms with E-state index < -0.39 is 0 Å². The number of rotatable bonds is 8. The first-order valence-electron chi connectivity index (χ1n) is 6.43. The molecule has 1 N–H and O–H groups in total. The normalized spacial score (nSPS) is 15.4. The van der Waals surface area contributed by atoms with Gasteiger partial charge in [0.1, 0.15) is 0 Å². The van der Waals surface area contributed by atoms with Crippen LogP contribution >= 0.6 is 43.2 Å². The first-order chi connectivity index (χ1) is 8.25. The number of hydrogen-bond donors (Lipinski definition) is 1. The molecule has 0 spiro atoms. The Morgan fingerprint density at radius 3 is 2.59 bits per heavy atom. The molecule has 0 atom stereocenters. The molecule has 0 amide bonds. The Hall–Kier alpha value is 0.620. The van der Waals surface area contributed by atoms with Gasteiger partial charge in [-0.2, -0.15) is 0 Å². The highest BCUT2D eigenvalue weighted by molar-refractivity contribution is 9.13. The maximum Gasteiger partial charge on any atom is 0.0843 e. The monoisotopic (exact) mass is 379 g/mol. The maximum absolute atomic E-state index is 3.57. The minimum atomic E-state index is 0.871. The van der Waals surface area contributed by atoms with E-state index in [4.69, 9.17) is 0 Å². The molecule has 96 valence electrons. The third kappa shape index (κ3) is 5.41. The molecule has 1 aliphatic rings. The summed E-state index contributed by atoms with van der Waals surface area (Å²) in [6, 6.07) is 3.11. The molecule has 0 aliphatic heterocycles. The largest absolute Gasteiger partial charge is 0.314 e. The molecule has 1 nitrogen and oxygen atoms in total. The molecule has 17 heavy (non-hydrogen) atoms. The van der Waals surface area contributed by atoms with Crippen LogP contribution in [0.15, 0.2) is 14.3 Å². The van der Waals surface area contributed by atoms with E-state index in [1.165, 1.54) is 64.6 Å². The van der Waals surface area contributed by atoms with Gasteiger partial charge in [0, 0.05) is 15.4 Å². The summed E-state index contributed by atoms with van der Waals surface area (Å²) in [5, 5.41) is 3.57. The quantitative estimate of drug-likeness (QED) is 0.616. The Morgan fingerprint density at radius 2 is 1.94 bits per heavy atom. The van der Waals surface area contributed by atoms with E-state index in [0.29, 0.717) is 0 Å². The first-order valence-corrected chi connectivity index (χ1v) is 8.83. The van der Waals surface area contributed by atoms with Crippen molar-refractivity contribution in [3.05, 3.63) is 19.2 Å². The van der Waals surface area contributed by atoms with Crippen LogP contribution in [-0.2, 0) is 6.42 Å². The van der Waals surface area contributed by atoms with Crippen molar-refractivity contribution >= 4 is 43.2 Å². The zero-order valence-electron chi connectivity index (χ0n) is 9.98. The van der Waals surface area contributed by atoms with Gasteiger partial charge >= 0.3 is 0 Å². The second-order valence-corrected chi connectivity index (χ2v) is 8.04. The molecule has 1 aliphatic carbocycles. The molecular weight excluding hydrogens is 362 g/mol. The van der Waals surface area contributed by atoms with Crippen molar-refractivity contribution in [3.63, 3.8) is 0 Å². The lowest BCUT2D eigenvalue weighted by Gasteiger charge is -2.02. The Bertz CT molecular complexity index is 328.